The number of carbonyl (C=O) groups excluding carboxylic acids is 1. The molecule has 88 valence electrons. The minimum Gasteiger partial charge on any atom is -0.393 e. The maximum Gasteiger partial charge on any atom is 0.264 e. The Morgan fingerprint density at radius 2 is 2.13 bits per heavy atom. The second kappa shape index (κ2) is 5.05. The molecule has 3 atom stereocenters. The van der Waals surface area contributed by atoms with Gasteiger partial charge in [-0.3, -0.25) is 4.18 Å². The Bertz CT molecular complexity index is 310. The van der Waals surface area contributed by atoms with Crippen molar-refractivity contribution in [2.75, 3.05) is 6.26 Å². The van der Waals surface area contributed by atoms with Gasteiger partial charge in [-0.25, -0.2) is 0 Å². The van der Waals surface area contributed by atoms with Crippen LogP contribution in [-0.2, 0) is 19.1 Å². The van der Waals surface area contributed by atoms with Crippen LogP contribution in [-0.4, -0.2) is 38.3 Å². The van der Waals surface area contributed by atoms with Gasteiger partial charge in [-0.15, -0.1) is 0 Å². The smallest absolute Gasteiger partial charge is 0.264 e. The van der Waals surface area contributed by atoms with E-state index in [1.54, 1.807) is 0 Å². The first-order chi connectivity index (χ1) is 6.92. The van der Waals surface area contributed by atoms with E-state index >= 15 is 0 Å². The molecule has 1 saturated carbocycles. The molecule has 1 fully saturated rings. The van der Waals surface area contributed by atoms with Crippen LogP contribution in [0.3, 0.4) is 0 Å². The molecule has 15 heavy (non-hydrogen) atoms. The average Bonchev–Trinajstić information content (AvgIpc) is 2.07. The molecule has 0 bridgehead atoms. The fourth-order valence-corrected chi connectivity index (χ4v) is 2.57. The molecule has 0 heterocycles. The molecule has 0 aromatic carbocycles. The highest BCUT2D eigenvalue weighted by Gasteiger charge is 2.30. The zero-order chi connectivity index (χ0) is 11.5. The second-order valence-corrected chi connectivity index (χ2v) is 5.57. The lowest BCUT2D eigenvalue weighted by Gasteiger charge is -2.31. The monoisotopic (exact) mass is 236 g/mol. The van der Waals surface area contributed by atoms with E-state index in [9.17, 15) is 18.3 Å². The van der Waals surface area contributed by atoms with Gasteiger partial charge in [0.05, 0.1) is 18.5 Å². The van der Waals surface area contributed by atoms with Gasteiger partial charge in [0.15, 0.2) is 0 Å². The van der Waals surface area contributed by atoms with Gasteiger partial charge in [0, 0.05) is 12.8 Å². The molecule has 5 nitrogen and oxygen atoms in total. The van der Waals surface area contributed by atoms with Crippen molar-refractivity contribution in [3.8, 4) is 0 Å². The fraction of sp³-hybridized carbons (Fsp3) is 0.889. The zero-order valence-electron chi connectivity index (χ0n) is 8.63. The van der Waals surface area contributed by atoms with Crippen molar-refractivity contribution in [1.29, 1.82) is 0 Å². The van der Waals surface area contributed by atoms with Crippen molar-refractivity contribution in [2.45, 2.75) is 37.9 Å². The predicted octanol–water partition coefficient (Wildman–Crippen LogP) is 0.0812. The molecule has 1 aliphatic rings. The fourth-order valence-electron chi connectivity index (χ4n) is 1.91. The first-order valence-electron chi connectivity index (χ1n) is 4.92. The van der Waals surface area contributed by atoms with Gasteiger partial charge in [-0.05, 0) is 18.8 Å². The quantitative estimate of drug-likeness (QED) is 0.552. The van der Waals surface area contributed by atoms with Crippen LogP contribution in [0, 0.1) is 5.92 Å². The lowest BCUT2D eigenvalue weighted by atomic mass is 9.83. The number of aldehydes is 1. The third-order valence-electron chi connectivity index (χ3n) is 2.62. The highest BCUT2D eigenvalue weighted by Crippen LogP contribution is 2.29. The topological polar surface area (TPSA) is 80.7 Å². The second-order valence-electron chi connectivity index (χ2n) is 3.97. The number of hydrogen-bond acceptors (Lipinski definition) is 5. The molecular weight excluding hydrogens is 220 g/mol. The number of hydrogen-bond donors (Lipinski definition) is 1. The maximum atomic E-state index is 10.9. The molecule has 1 N–H and O–H groups in total. The Morgan fingerprint density at radius 3 is 2.60 bits per heavy atom. The van der Waals surface area contributed by atoms with E-state index in [-0.39, 0.29) is 12.3 Å². The average molecular weight is 236 g/mol. The van der Waals surface area contributed by atoms with Crippen LogP contribution in [0.15, 0.2) is 0 Å². The molecule has 0 aliphatic heterocycles. The highest BCUT2D eigenvalue weighted by atomic mass is 32.2. The molecule has 0 spiro atoms. The summed E-state index contributed by atoms with van der Waals surface area (Å²) in [6.07, 6.45) is 2.50. The molecule has 1 rings (SSSR count). The standard InChI is InChI=1S/C9H16O5S/c1-15(12,13)14-8-3-2-7(4-5-10)9(11)6-8/h5,7-9,11H,2-4,6H2,1H3. The zero-order valence-corrected chi connectivity index (χ0v) is 9.44. The Labute approximate surface area is 89.6 Å². The van der Waals surface area contributed by atoms with Crippen LogP contribution < -0.4 is 0 Å². The lowest BCUT2D eigenvalue weighted by molar-refractivity contribution is -0.110. The van der Waals surface area contributed by atoms with E-state index < -0.39 is 22.3 Å². The summed E-state index contributed by atoms with van der Waals surface area (Å²) in [5.74, 6) is -0.0538. The van der Waals surface area contributed by atoms with Crippen LogP contribution in [0.25, 0.3) is 0 Å². The van der Waals surface area contributed by atoms with E-state index in [4.69, 9.17) is 4.18 Å². The minimum atomic E-state index is -3.46. The largest absolute Gasteiger partial charge is 0.393 e. The molecule has 0 radical (unpaired) electrons. The van der Waals surface area contributed by atoms with Gasteiger partial charge in [0.25, 0.3) is 10.1 Å². The highest BCUT2D eigenvalue weighted by molar-refractivity contribution is 7.86. The first-order valence-corrected chi connectivity index (χ1v) is 6.74. The van der Waals surface area contributed by atoms with Gasteiger partial charge < -0.3 is 9.90 Å². The molecule has 0 aromatic heterocycles. The number of aliphatic hydroxyl groups excluding tert-OH is 1. The molecule has 0 saturated heterocycles. The summed E-state index contributed by atoms with van der Waals surface area (Å²) in [4.78, 5) is 10.3. The van der Waals surface area contributed by atoms with Gasteiger partial charge in [0.2, 0.25) is 0 Å². The Morgan fingerprint density at radius 1 is 1.47 bits per heavy atom. The third kappa shape index (κ3) is 4.27. The lowest BCUT2D eigenvalue weighted by Crippen LogP contribution is -2.34. The molecular formula is C9H16O5S. The Kier molecular flexibility index (Phi) is 4.24. The van der Waals surface area contributed by atoms with Crippen molar-refractivity contribution < 1.29 is 22.5 Å². The first kappa shape index (κ1) is 12.6. The summed E-state index contributed by atoms with van der Waals surface area (Å²) < 4.78 is 26.5. The summed E-state index contributed by atoms with van der Waals surface area (Å²) >= 11 is 0. The molecule has 0 amide bonds. The summed E-state index contributed by atoms with van der Waals surface area (Å²) in [5.41, 5.74) is 0. The summed E-state index contributed by atoms with van der Waals surface area (Å²) in [6, 6.07) is 0. The SMILES string of the molecule is CS(=O)(=O)OC1CCC(CC=O)C(O)C1. The summed E-state index contributed by atoms with van der Waals surface area (Å²) in [6.45, 7) is 0. The normalized spacial score (nSPS) is 32.5. The molecule has 1 aliphatic carbocycles. The van der Waals surface area contributed by atoms with Crippen molar-refractivity contribution in [2.24, 2.45) is 5.92 Å². The van der Waals surface area contributed by atoms with Crippen LogP contribution in [0.4, 0.5) is 0 Å². The van der Waals surface area contributed by atoms with E-state index in [0.717, 1.165) is 12.5 Å². The Balaban J connectivity index is 2.47. The van der Waals surface area contributed by atoms with Gasteiger partial charge in [-0.1, -0.05) is 0 Å². The van der Waals surface area contributed by atoms with E-state index in [1.165, 1.54) is 0 Å². The molecule has 6 heteroatoms. The van der Waals surface area contributed by atoms with Crippen molar-refractivity contribution in [3.05, 3.63) is 0 Å². The van der Waals surface area contributed by atoms with Crippen molar-refractivity contribution in [3.63, 3.8) is 0 Å². The van der Waals surface area contributed by atoms with E-state index in [1.807, 2.05) is 0 Å². The van der Waals surface area contributed by atoms with Crippen LogP contribution >= 0.6 is 0 Å². The van der Waals surface area contributed by atoms with Crippen LogP contribution in [0.5, 0.6) is 0 Å². The maximum absolute atomic E-state index is 10.9. The third-order valence-corrected chi connectivity index (χ3v) is 3.24. The minimum absolute atomic E-state index is 0.0538. The van der Waals surface area contributed by atoms with E-state index in [0.29, 0.717) is 19.3 Å². The molecule has 3 unspecified atom stereocenters. The number of rotatable bonds is 4. The summed E-state index contributed by atoms with van der Waals surface area (Å²) in [5, 5.41) is 9.63. The number of carbonyl (C=O) groups is 1. The summed E-state index contributed by atoms with van der Waals surface area (Å²) in [7, 11) is -3.46. The van der Waals surface area contributed by atoms with Crippen molar-refractivity contribution >= 4 is 16.4 Å². The van der Waals surface area contributed by atoms with Gasteiger partial charge in [-0.2, -0.15) is 8.42 Å². The van der Waals surface area contributed by atoms with Gasteiger partial charge in [0.1, 0.15) is 6.29 Å². The van der Waals surface area contributed by atoms with Gasteiger partial charge >= 0.3 is 0 Å². The Hall–Kier alpha value is -0.460. The molecule has 0 aromatic rings. The van der Waals surface area contributed by atoms with Crippen LogP contribution in [0.2, 0.25) is 0 Å². The van der Waals surface area contributed by atoms with Crippen molar-refractivity contribution in [1.82, 2.24) is 0 Å². The van der Waals surface area contributed by atoms with Crippen LogP contribution in [0.1, 0.15) is 25.7 Å². The number of aliphatic hydroxyl groups is 1. The predicted molar refractivity (Wildman–Crippen MR) is 53.7 cm³/mol. The van der Waals surface area contributed by atoms with E-state index in [2.05, 4.69) is 0 Å².